The molecule has 2 aliphatic rings. The molecule has 2 fully saturated rings. The van der Waals surface area contributed by atoms with Crippen molar-refractivity contribution in [1.29, 1.82) is 0 Å². The Morgan fingerprint density at radius 2 is 1.44 bits per heavy atom. The third-order valence-electron chi connectivity index (χ3n) is 5.40. The third-order valence-corrected chi connectivity index (χ3v) is 5.40. The first-order valence-electron chi connectivity index (χ1n) is 7.22. The van der Waals surface area contributed by atoms with Gasteiger partial charge < -0.3 is 0 Å². The number of hydrogen-bond acceptors (Lipinski definition) is 0. The molecule has 0 saturated heterocycles. The highest BCUT2D eigenvalue weighted by molar-refractivity contribution is 4.87. The molecule has 2 aliphatic carbocycles. The van der Waals surface area contributed by atoms with E-state index in [0.29, 0.717) is 17.8 Å². The summed E-state index contributed by atoms with van der Waals surface area (Å²) < 4.78 is 13.9. The van der Waals surface area contributed by atoms with Gasteiger partial charge in [0.25, 0.3) is 0 Å². The van der Waals surface area contributed by atoms with Crippen molar-refractivity contribution in [3.05, 3.63) is 0 Å². The van der Waals surface area contributed by atoms with Gasteiger partial charge in [-0.3, -0.25) is 0 Å². The second-order valence-corrected chi connectivity index (χ2v) is 6.60. The fraction of sp³-hybridized carbons (Fsp3) is 1.00. The second kappa shape index (κ2) is 5.06. The molecule has 0 aromatic carbocycles. The lowest BCUT2D eigenvalue weighted by molar-refractivity contribution is 0.0493. The van der Waals surface area contributed by atoms with Gasteiger partial charge in [-0.15, -0.1) is 0 Å². The molecular weight excluding hydrogens is 199 g/mol. The third kappa shape index (κ3) is 2.60. The highest BCUT2D eigenvalue weighted by Crippen LogP contribution is 2.44. The maximum atomic E-state index is 13.9. The molecule has 0 nitrogen and oxygen atoms in total. The van der Waals surface area contributed by atoms with Crippen LogP contribution < -0.4 is 0 Å². The van der Waals surface area contributed by atoms with Crippen LogP contribution in [0.5, 0.6) is 0 Å². The second-order valence-electron chi connectivity index (χ2n) is 6.60. The van der Waals surface area contributed by atoms with Gasteiger partial charge in [-0.05, 0) is 55.3 Å². The van der Waals surface area contributed by atoms with E-state index in [1.165, 1.54) is 32.1 Å². The molecule has 2 saturated carbocycles. The van der Waals surface area contributed by atoms with Crippen LogP contribution >= 0.6 is 0 Å². The lowest BCUT2D eigenvalue weighted by Crippen LogP contribution is -2.35. The zero-order valence-corrected chi connectivity index (χ0v) is 11.1. The Balaban J connectivity index is 1.90. The van der Waals surface area contributed by atoms with Crippen LogP contribution in [-0.2, 0) is 0 Å². The van der Waals surface area contributed by atoms with E-state index in [4.69, 9.17) is 0 Å². The molecule has 94 valence electrons. The molecule has 0 radical (unpaired) electrons. The fourth-order valence-corrected chi connectivity index (χ4v) is 3.79. The van der Waals surface area contributed by atoms with Crippen molar-refractivity contribution < 1.29 is 4.39 Å². The average molecular weight is 226 g/mol. The molecule has 0 aliphatic heterocycles. The Labute approximate surface area is 100 Å². The minimum atomic E-state index is -0.534. The highest BCUT2D eigenvalue weighted by atomic mass is 19.1. The summed E-state index contributed by atoms with van der Waals surface area (Å²) in [6.07, 6.45) is 7.07. The van der Waals surface area contributed by atoms with E-state index in [0.717, 1.165) is 18.3 Å². The summed E-state index contributed by atoms with van der Waals surface area (Å²) in [5, 5.41) is 0. The molecule has 16 heavy (non-hydrogen) atoms. The summed E-state index contributed by atoms with van der Waals surface area (Å²) in [5.74, 6) is 3.32. The van der Waals surface area contributed by atoms with E-state index in [2.05, 4.69) is 20.8 Å². The first-order chi connectivity index (χ1) is 7.58. The van der Waals surface area contributed by atoms with Crippen molar-refractivity contribution in [3.63, 3.8) is 0 Å². The first kappa shape index (κ1) is 12.4. The van der Waals surface area contributed by atoms with Crippen LogP contribution in [0.2, 0.25) is 0 Å². The molecular formula is C15H27F. The topological polar surface area (TPSA) is 0 Å². The van der Waals surface area contributed by atoms with Gasteiger partial charge in [0, 0.05) is 0 Å². The van der Waals surface area contributed by atoms with Gasteiger partial charge in [-0.1, -0.05) is 33.6 Å². The van der Waals surface area contributed by atoms with Crippen molar-refractivity contribution in [3.8, 4) is 0 Å². The molecule has 0 spiro atoms. The summed E-state index contributed by atoms with van der Waals surface area (Å²) in [5.41, 5.74) is 0. The van der Waals surface area contributed by atoms with Gasteiger partial charge in [0.2, 0.25) is 0 Å². The minimum Gasteiger partial charge on any atom is -0.247 e. The molecule has 2 rings (SSSR count). The van der Waals surface area contributed by atoms with Gasteiger partial charge in [0.05, 0.1) is 0 Å². The zero-order valence-electron chi connectivity index (χ0n) is 11.1. The standard InChI is InChI=1S/C15H27F/c1-10-4-6-13(7-5-10)14-8-11(2)12(3)15(16)9-14/h10-15H,4-9H2,1-3H3. The number of hydrogen-bond donors (Lipinski definition) is 0. The normalized spacial score (nSPS) is 50.2. The van der Waals surface area contributed by atoms with Crippen LogP contribution in [-0.4, -0.2) is 6.17 Å². The maximum absolute atomic E-state index is 13.9. The van der Waals surface area contributed by atoms with Gasteiger partial charge in [-0.25, -0.2) is 4.39 Å². The minimum absolute atomic E-state index is 0.291. The predicted octanol–water partition coefficient (Wildman–Crippen LogP) is 4.83. The summed E-state index contributed by atoms with van der Waals surface area (Å²) in [6, 6.07) is 0. The molecule has 0 aromatic rings. The highest BCUT2D eigenvalue weighted by Gasteiger charge is 2.37. The number of rotatable bonds is 1. The van der Waals surface area contributed by atoms with Crippen LogP contribution in [0.1, 0.15) is 59.3 Å². The molecule has 0 aromatic heterocycles. The Hall–Kier alpha value is -0.0700. The Morgan fingerprint density at radius 1 is 0.812 bits per heavy atom. The number of alkyl halides is 1. The van der Waals surface area contributed by atoms with Gasteiger partial charge in [-0.2, -0.15) is 0 Å². The number of halogens is 1. The maximum Gasteiger partial charge on any atom is 0.103 e. The molecule has 0 amide bonds. The Bertz CT molecular complexity index is 205. The van der Waals surface area contributed by atoms with Crippen LogP contribution in [0.25, 0.3) is 0 Å². The quantitative estimate of drug-likeness (QED) is 0.600. The van der Waals surface area contributed by atoms with Crippen molar-refractivity contribution in [2.24, 2.45) is 29.6 Å². The average Bonchev–Trinajstić information content (AvgIpc) is 2.26. The van der Waals surface area contributed by atoms with Crippen molar-refractivity contribution >= 4 is 0 Å². The molecule has 4 unspecified atom stereocenters. The van der Waals surface area contributed by atoms with Crippen LogP contribution in [0.4, 0.5) is 4.39 Å². The molecule has 4 atom stereocenters. The summed E-state index contributed by atoms with van der Waals surface area (Å²) >= 11 is 0. The summed E-state index contributed by atoms with van der Waals surface area (Å²) in [7, 11) is 0. The van der Waals surface area contributed by atoms with Crippen molar-refractivity contribution in [2.75, 3.05) is 0 Å². The Morgan fingerprint density at radius 3 is 2.00 bits per heavy atom. The predicted molar refractivity (Wildman–Crippen MR) is 67.1 cm³/mol. The van der Waals surface area contributed by atoms with Crippen molar-refractivity contribution in [1.82, 2.24) is 0 Å². The van der Waals surface area contributed by atoms with E-state index in [9.17, 15) is 4.39 Å². The zero-order chi connectivity index (χ0) is 11.7. The Kier molecular flexibility index (Phi) is 3.92. The molecule has 0 N–H and O–H groups in total. The molecule has 1 heteroatoms. The largest absolute Gasteiger partial charge is 0.247 e. The van der Waals surface area contributed by atoms with E-state index in [1.54, 1.807) is 0 Å². The summed E-state index contributed by atoms with van der Waals surface area (Å²) in [6.45, 7) is 6.70. The van der Waals surface area contributed by atoms with E-state index >= 15 is 0 Å². The van der Waals surface area contributed by atoms with Crippen LogP contribution in [0.3, 0.4) is 0 Å². The van der Waals surface area contributed by atoms with Crippen LogP contribution in [0, 0.1) is 29.6 Å². The monoisotopic (exact) mass is 226 g/mol. The van der Waals surface area contributed by atoms with Gasteiger partial charge >= 0.3 is 0 Å². The van der Waals surface area contributed by atoms with E-state index < -0.39 is 6.17 Å². The van der Waals surface area contributed by atoms with Gasteiger partial charge in [0.1, 0.15) is 6.17 Å². The summed E-state index contributed by atoms with van der Waals surface area (Å²) in [4.78, 5) is 0. The lowest BCUT2D eigenvalue weighted by Gasteiger charge is -2.41. The first-order valence-corrected chi connectivity index (χ1v) is 7.22. The molecule has 0 bridgehead atoms. The smallest absolute Gasteiger partial charge is 0.103 e. The van der Waals surface area contributed by atoms with Crippen molar-refractivity contribution in [2.45, 2.75) is 65.5 Å². The fourth-order valence-electron chi connectivity index (χ4n) is 3.79. The molecule has 0 heterocycles. The van der Waals surface area contributed by atoms with E-state index in [1.807, 2.05) is 0 Å². The van der Waals surface area contributed by atoms with E-state index in [-0.39, 0.29) is 0 Å². The SMILES string of the molecule is CC1CCC(C2CC(C)C(C)C(F)C2)CC1. The van der Waals surface area contributed by atoms with Crippen LogP contribution in [0.15, 0.2) is 0 Å². The van der Waals surface area contributed by atoms with Gasteiger partial charge in [0.15, 0.2) is 0 Å². The lowest BCUT2D eigenvalue weighted by atomic mass is 9.66.